The first kappa shape index (κ1) is 17.4. The summed E-state index contributed by atoms with van der Waals surface area (Å²) in [6.45, 7) is 2.25. The van der Waals surface area contributed by atoms with Crippen LogP contribution in [0.25, 0.3) is 0 Å². The van der Waals surface area contributed by atoms with Crippen LogP contribution in [0.1, 0.15) is 11.1 Å². The third kappa shape index (κ3) is 7.06. The summed E-state index contributed by atoms with van der Waals surface area (Å²) >= 11 is 0. The number of carbonyl (C=O) groups excluding carboxylic acids is 1. The topological polar surface area (TPSA) is 41.1 Å². The molecule has 0 aromatic heterocycles. The number of halogens is 1. The van der Waals surface area contributed by atoms with Gasteiger partial charge in [-0.15, -0.1) is 17.0 Å². The monoisotopic (exact) mass is 348 g/mol. The van der Waals surface area contributed by atoms with E-state index in [0.717, 1.165) is 18.7 Å². The van der Waals surface area contributed by atoms with Gasteiger partial charge in [-0.3, -0.25) is 4.79 Å². The maximum atomic E-state index is 11.7. The number of carbonyl (C=O) groups is 1. The first-order valence-corrected chi connectivity index (χ1v) is 6.90. The van der Waals surface area contributed by atoms with Crippen LogP contribution in [0.3, 0.4) is 0 Å². The van der Waals surface area contributed by atoms with Gasteiger partial charge in [-0.1, -0.05) is 60.7 Å². The molecule has 0 unspecified atom stereocenters. The number of nitrogens with one attached hydrogen (secondary N) is 2. The highest BCUT2D eigenvalue weighted by Gasteiger charge is 2.01. The maximum absolute atomic E-state index is 11.7. The van der Waals surface area contributed by atoms with Crippen molar-refractivity contribution in [1.82, 2.24) is 10.6 Å². The minimum absolute atomic E-state index is 0. The van der Waals surface area contributed by atoms with E-state index in [1.54, 1.807) is 0 Å². The lowest BCUT2D eigenvalue weighted by molar-refractivity contribution is -0.120. The highest BCUT2D eigenvalue weighted by atomic mass is 79.9. The molecule has 2 N–H and O–H groups in total. The van der Waals surface area contributed by atoms with Gasteiger partial charge >= 0.3 is 0 Å². The molecule has 2 aromatic carbocycles. The van der Waals surface area contributed by atoms with Crippen molar-refractivity contribution >= 4 is 22.9 Å². The predicted octanol–water partition coefficient (Wildman–Crippen LogP) is 2.71. The van der Waals surface area contributed by atoms with Crippen molar-refractivity contribution in [3.8, 4) is 0 Å². The average molecular weight is 349 g/mol. The molecule has 0 radical (unpaired) electrons. The second-order valence-corrected chi connectivity index (χ2v) is 4.67. The van der Waals surface area contributed by atoms with E-state index in [4.69, 9.17) is 0 Å². The third-order valence-corrected chi connectivity index (χ3v) is 3.00. The number of rotatable bonds is 7. The molecule has 0 saturated carbocycles. The Labute approximate surface area is 136 Å². The molecule has 0 aliphatic rings. The van der Waals surface area contributed by atoms with Gasteiger partial charge in [0.25, 0.3) is 0 Å². The zero-order valence-corrected chi connectivity index (χ0v) is 13.6. The van der Waals surface area contributed by atoms with E-state index in [1.165, 1.54) is 5.56 Å². The molecule has 1 amide bonds. The average Bonchev–Trinajstić information content (AvgIpc) is 2.49. The zero-order chi connectivity index (χ0) is 14.0. The van der Waals surface area contributed by atoms with Crippen molar-refractivity contribution in [3.05, 3.63) is 71.8 Å². The molecule has 112 valence electrons. The van der Waals surface area contributed by atoms with Crippen LogP contribution in [-0.2, 0) is 17.8 Å². The summed E-state index contributed by atoms with van der Waals surface area (Å²) in [5, 5.41) is 6.22. The molecule has 2 aromatic rings. The zero-order valence-electron chi connectivity index (χ0n) is 11.9. The molecule has 0 aliphatic heterocycles. The number of hydrogen-bond donors (Lipinski definition) is 2. The highest BCUT2D eigenvalue weighted by Crippen LogP contribution is 1.99. The summed E-state index contributed by atoms with van der Waals surface area (Å²) in [4.78, 5) is 11.7. The van der Waals surface area contributed by atoms with E-state index in [1.807, 2.05) is 48.5 Å². The minimum Gasteiger partial charge on any atom is -0.355 e. The van der Waals surface area contributed by atoms with Crippen molar-refractivity contribution in [2.45, 2.75) is 13.0 Å². The summed E-state index contributed by atoms with van der Waals surface area (Å²) in [5.41, 5.74) is 2.30. The van der Waals surface area contributed by atoms with Gasteiger partial charge in [-0.25, -0.2) is 0 Å². The summed E-state index contributed by atoms with van der Waals surface area (Å²) in [6.07, 6.45) is 0.444. The van der Waals surface area contributed by atoms with Crippen LogP contribution in [0.2, 0.25) is 0 Å². The Kier molecular flexibility index (Phi) is 8.40. The van der Waals surface area contributed by atoms with Crippen molar-refractivity contribution in [2.75, 3.05) is 13.1 Å². The van der Waals surface area contributed by atoms with Crippen LogP contribution < -0.4 is 10.6 Å². The fraction of sp³-hybridized carbons (Fsp3) is 0.235. The molecule has 4 heteroatoms. The fourth-order valence-electron chi connectivity index (χ4n) is 1.96. The number of hydrogen-bond acceptors (Lipinski definition) is 2. The maximum Gasteiger partial charge on any atom is 0.224 e. The summed E-state index contributed by atoms with van der Waals surface area (Å²) in [7, 11) is 0. The van der Waals surface area contributed by atoms with E-state index < -0.39 is 0 Å². The summed E-state index contributed by atoms with van der Waals surface area (Å²) in [6, 6.07) is 20.0. The molecule has 3 nitrogen and oxygen atoms in total. The van der Waals surface area contributed by atoms with Crippen molar-refractivity contribution in [1.29, 1.82) is 0 Å². The van der Waals surface area contributed by atoms with E-state index in [2.05, 4.69) is 22.8 Å². The van der Waals surface area contributed by atoms with Crippen LogP contribution in [0.15, 0.2) is 60.7 Å². The van der Waals surface area contributed by atoms with Gasteiger partial charge in [-0.05, 0) is 11.1 Å². The minimum atomic E-state index is 0. The van der Waals surface area contributed by atoms with Gasteiger partial charge in [-0.2, -0.15) is 0 Å². The van der Waals surface area contributed by atoms with Gasteiger partial charge in [0.2, 0.25) is 5.91 Å². The quantitative estimate of drug-likeness (QED) is 0.755. The first-order chi connectivity index (χ1) is 9.84. The largest absolute Gasteiger partial charge is 0.355 e. The van der Waals surface area contributed by atoms with Crippen LogP contribution in [0.4, 0.5) is 0 Å². The molecular formula is C17H21BrN2O. The molecule has 0 heterocycles. The predicted molar refractivity (Wildman–Crippen MR) is 91.6 cm³/mol. The molecule has 0 atom stereocenters. The Balaban J connectivity index is 0.00000220. The smallest absolute Gasteiger partial charge is 0.224 e. The Morgan fingerprint density at radius 1 is 0.810 bits per heavy atom. The van der Waals surface area contributed by atoms with Gasteiger partial charge < -0.3 is 10.6 Å². The van der Waals surface area contributed by atoms with E-state index in [-0.39, 0.29) is 22.9 Å². The highest BCUT2D eigenvalue weighted by molar-refractivity contribution is 8.93. The van der Waals surface area contributed by atoms with Gasteiger partial charge in [0.1, 0.15) is 0 Å². The third-order valence-electron chi connectivity index (χ3n) is 3.00. The van der Waals surface area contributed by atoms with Gasteiger partial charge in [0, 0.05) is 19.6 Å². The second kappa shape index (κ2) is 10.1. The Morgan fingerprint density at radius 2 is 1.38 bits per heavy atom. The van der Waals surface area contributed by atoms with Crippen LogP contribution in [0.5, 0.6) is 0 Å². The van der Waals surface area contributed by atoms with Crippen LogP contribution in [-0.4, -0.2) is 19.0 Å². The lowest BCUT2D eigenvalue weighted by Gasteiger charge is -2.07. The Bertz CT molecular complexity index is 517. The van der Waals surface area contributed by atoms with Crippen molar-refractivity contribution < 1.29 is 4.79 Å². The number of benzene rings is 2. The standard InChI is InChI=1S/C17H20N2O.BrH/c20-17(13-15-7-3-1-4-8-15)19-12-11-18-14-16-9-5-2-6-10-16;/h1-10,18H,11-14H2,(H,19,20);1H. The van der Waals surface area contributed by atoms with Crippen LogP contribution >= 0.6 is 17.0 Å². The van der Waals surface area contributed by atoms with Gasteiger partial charge in [0.15, 0.2) is 0 Å². The van der Waals surface area contributed by atoms with E-state index in [9.17, 15) is 4.79 Å². The molecule has 0 fully saturated rings. The molecule has 0 spiro atoms. The Morgan fingerprint density at radius 3 is 2.00 bits per heavy atom. The SMILES string of the molecule is Br.O=C(Cc1ccccc1)NCCNCc1ccccc1. The molecule has 0 bridgehead atoms. The van der Waals surface area contributed by atoms with Gasteiger partial charge in [0.05, 0.1) is 6.42 Å². The molecule has 0 aliphatic carbocycles. The van der Waals surface area contributed by atoms with Crippen molar-refractivity contribution in [2.24, 2.45) is 0 Å². The van der Waals surface area contributed by atoms with E-state index in [0.29, 0.717) is 13.0 Å². The second-order valence-electron chi connectivity index (χ2n) is 4.67. The normalized spacial score (nSPS) is 9.71. The number of amides is 1. The lowest BCUT2D eigenvalue weighted by Crippen LogP contribution is -2.32. The lowest BCUT2D eigenvalue weighted by atomic mass is 10.1. The molecular weight excluding hydrogens is 328 g/mol. The molecule has 21 heavy (non-hydrogen) atoms. The summed E-state index contributed by atoms with van der Waals surface area (Å²) < 4.78 is 0. The summed E-state index contributed by atoms with van der Waals surface area (Å²) in [5.74, 6) is 0.0673. The van der Waals surface area contributed by atoms with E-state index >= 15 is 0 Å². The molecule has 2 rings (SSSR count). The first-order valence-electron chi connectivity index (χ1n) is 6.90. The Hall–Kier alpha value is -1.65. The van der Waals surface area contributed by atoms with Crippen molar-refractivity contribution in [3.63, 3.8) is 0 Å². The van der Waals surface area contributed by atoms with Crippen LogP contribution in [0, 0.1) is 0 Å². The fourth-order valence-corrected chi connectivity index (χ4v) is 1.96. The molecule has 0 saturated heterocycles.